The molecule has 0 unspecified atom stereocenters. The third-order valence-electron chi connectivity index (χ3n) is 3.02. The first-order valence-electron chi connectivity index (χ1n) is 6.75. The monoisotopic (exact) mass is 315 g/mol. The van der Waals surface area contributed by atoms with Gasteiger partial charge in [0.05, 0.1) is 6.61 Å². The Bertz CT molecular complexity index is 763. The minimum Gasteiger partial charge on any atom is -0.508 e. The number of benzene rings is 1. The largest absolute Gasteiger partial charge is 0.508 e. The maximum atomic E-state index is 12.7. The number of nitrogens with zero attached hydrogens (tertiary/aromatic N) is 1. The van der Waals surface area contributed by atoms with Crippen molar-refractivity contribution in [2.24, 2.45) is 0 Å². The summed E-state index contributed by atoms with van der Waals surface area (Å²) in [5.74, 6) is 0.357. The number of phenolic OH excluding ortho intramolecular Hbond substituents is 1. The molecule has 2 rings (SSSR count). The van der Waals surface area contributed by atoms with E-state index in [1.54, 1.807) is 19.1 Å². The van der Waals surface area contributed by atoms with Gasteiger partial charge in [-0.25, -0.2) is 9.37 Å². The van der Waals surface area contributed by atoms with Gasteiger partial charge in [0.2, 0.25) is 5.89 Å². The van der Waals surface area contributed by atoms with Crippen molar-refractivity contribution >= 4 is 22.7 Å². The number of alkyl halides is 1. The van der Waals surface area contributed by atoms with Crippen LogP contribution in [0.25, 0.3) is 22.7 Å². The molecule has 0 radical (unpaired) electrons. The summed E-state index contributed by atoms with van der Waals surface area (Å²) in [5.41, 5.74) is 2.39. The molecular weight excluding hydrogens is 297 g/mol. The quantitative estimate of drug-likeness (QED) is 0.652. The van der Waals surface area contributed by atoms with Crippen LogP contribution in [0, 0.1) is 12.8 Å². The van der Waals surface area contributed by atoms with Gasteiger partial charge in [0.25, 0.3) is 0 Å². The van der Waals surface area contributed by atoms with Crippen LogP contribution in [0.1, 0.15) is 18.4 Å². The number of aromatic nitrogens is 1. The summed E-state index contributed by atoms with van der Waals surface area (Å²) in [7, 11) is 0. The van der Waals surface area contributed by atoms with E-state index in [2.05, 4.69) is 24.4 Å². The number of allylic oxidation sites excluding steroid dienone is 3. The Balaban J connectivity index is 0.00000127. The van der Waals surface area contributed by atoms with Crippen molar-refractivity contribution in [2.45, 2.75) is 6.92 Å². The highest BCUT2D eigenvalue weighted by atomic mass is 19.1. The Labute approximate surface area is 134 Å². The first-order chi connectivity index (χ1) is 11.1. The van der Waals surface area contributed by atoms with Gasteiger partial charge in [-0.05, 0) is 24.6 Å². The smallest absolute Gasteiger partial charge is 0.227 e. The number of fused-ring (bicyclic) bond motifs is 1. The van der Waals surface area contributed by atoms with E-state index in [0.29, 0.717) is 28.1 Å². The van der Waals surface area contributed by atoms with Crippen LogP contribution in [-0.2, 0) is 0 Å². The second-order valence-corrected chi connectivity index (χ2v) is 4.44. The predicted octanol–water partition coefficient (Wildman–Crippen LogP) is 3.72. The number of aliphatic hydroxyl groups is 1. The lowest BCUT2D eigenvalue weighted by Crippen LogP contribution is -1.93. The zero-order valence-corrected chi connectivity index (χ0v) is 12.8. The fraction of sp³-hybridized carbons (Fsp3) is 0.167. The molecule has 0 aliphatic heterocycles. The molecule has 2 N–H and O–H groups in total. The summed E-state index contributed by atoms with van der Waals surface area (Å²) in [4.78, 5) is 4.28. The number of terminal acetylenes is 1. The van der Waals surface area contributed by atoms with Gasteiger partial charge in [-0.1, -0.05) is 18.7 Å². The Morgan fingerprint density at radius 3 is 2.65 bits per heavy atom. The van der Waals surface area contributed by atoms with Crippen molar-refractivity contribution in [1.82, 2.24) is 4.98 Å². The number of rotatable bonds is 5. The molecule has 0 bridgehead atoms. The highest BCUT2D eigenvalue weighted by molar-refractivity contribution is 5.86. The van der Waals surface area contributed by atoms with Crippen molar-refractivity contribution in [3.8, 4) is 18.6 Å². The van der Waals surface area contributed by atoms with Gasteiger partial charge in [-0.15, -0.1) is 12.8 Å². The molecule has 0 saturated carbocycles. The van der Waals surface area contributed by atoms with E-state index in [1.165, 1.54) is 18.2 Å². The topological polar surface area (TPSA) is 66.5 Å². The molecule has 1 aromatic heterocycles. The van der Waals surface area contributed by atoms with E-state index >= 15 is 0 Å². The molecule has 1 aromatic carbocycles. The van der Waals surface area contributed by atoms with E-state index in [1.807, 2.05) is 0 Å². The predicted molar refractivity (Wildman–Crippen MR) is 90.4 cm³/mol. The first-order valence-corrected chi connectivity index (χ1v) is 6.75. The first kappa shape index (κ1) is 18.2. The van der Waals surface area contributed by atoms with Gasteiger partial charge in [-0.2, -0.15) is 0 Å². The van der Waals surface area contributed by atoms with Gasteiger partial charge in [0.15, 0.2) is 5.58 Å². The number of aromatic hydroxyl groups is 1. The number of hydrogen-bond donors (Lipinski definition) is 2. The number of phenols is 1. The Kier molecular flexibility index (Phi) is 6.78. The van der Waals surface area contributed by atoms with Gasteiger partial charge in [0, 0.05) is 17.2 Å². The zero-order chi connectivity index (χ0) is 17.4. The molecular formula is C18H18FNO3. The highest BCUT2D eigenvalue weighted by Gasteiger charge is 2.13. The van der Waals surface area contributed by atoms with Crippen molar-refractivity contribution in [1.29, 1.82) is 0 Å². The van der Waals surface area contributed by atoms with Crippen molar-refractivity contribution in [2.75, 3.05) is 13.3 Å². The molecule has 0 saturated heterocycles. The molecule has 0 amide bonds. The molecule has 120 valence electrons. The number of oxazole rings is 1. The van der Waals surface area contributed by atoms with Gasteiger partial charge in [0.1, 0.15) is 17.9 Å². The summed E-state index contributed by atoms with van der Waals surface area (Å²) >= 11 is 0. The number of halogens is 1. The lowest BCUT2D eigenvalue weighted by molar-refractivity contribution is 0.318. The van der Waals surface area contributed by atoms with Crippen LogP contribution < -0.4 is 0 Å². The van der Waals surface area contributed by atoms with Crippen molar-refractivity contribution in [3.63, 3.8) is 0 Å². The Morgan fingerprint density at radius 1 is 1.43 bits per heavy atom. The highest BCUT2D eigenvalue weighted by Crippen LogP contribution is 2.29. The standard InChI is InChI=1S/C16H16FNO3.C2H2/c1-3-11-6-13(20)7-14-15(11)21-16(18-14)12(4-2)5-10(8-17)9-19;1-2/h3-7,19-20H,1,8-9H2,2H3;1-2H/b10-5-,12-4+;. The van der Waals surface area contributed by atoms with Gasteiger partial charge in [-0.3, -0.25) is 0 Å². The maximum Gasteiger partial charge on any atom is 0.227 e. The SMILES string of the molecule is C#C.C=Cc1cc(O)cc2nc(C(/C=C(\CO)CF)=C/C)oc12. The molecule has 0 spiro atoms. The van der Waals surface area contributed by atoms with Crippen LogP contribution in [0.3, 0.4) is 0 Å². The third kappa shape index (κ3) is 4.09. The minimum absolute atomic E-state index is 0.0645. The molecule has 0 fully saturated rings. The van der Waals surface area contributed by atoms with Crippen LogP contribution in [0.2, 0.25) is 0 Å². The zero-order valence-electron chi connectivity index (χ0n) is 12.8. The van der Waals surface area contributed by atoms with Crippen LogP contribution in [-0.4, -0.2) is 28.5 Å². The molecule has 5 heteroatoms. The summed E-state index contributed by atoms with van der Waals surface area (Å²) in [6.07, 6.45) is 12.8. The Hall–Kier alpha value is -2.84. The van der Waals surface area contributed by atoms with Crippen LogP contribution in [0.4, 0.5) is 4.39 Å². The number of hydrogen-bond acceptors (Lipinski definition) is 4. The van der Waals surface area contributed by atoms with Crippen LogP contribution in [0.5, 0.6) is 5.75 Å². The molecule has 0 aliphatic rings. The summed E-state index contributed by atoms with van der Waals surface area (Å²) in [6, 6.07) is 3.00. The summed E-state index contributed by atoms with van der Waals surface area (Å²) in [6.45, 7) is 4.32. The van der Waals surface area contributed by atoms with Gasteiger partial charge < -0.3 is 14.6 Å². The van der Waals surface area contributed by atoms with E-state index in [4.69, 9.17) is 9.52 Å². The normalized spacial score (nSPS) is 11.9. The van der Waals surface area contributed by atoms with Crippen LogP contribution in [0.15, 0.2) is 40.9 Å². The van der Waals surface area contributed by atoms with E-state index in [-0.39, 0.29) is 17.9 Å². The number of aliphatic hydroxyl groups excluding tert-OH is 1. The summed E-state index contributed by atoms with van der Waals surface area (Å²) < 4.78 is 18.4. The Morgan fingerprint density at radius 2 is 2.13 bits per heavy atom. The fourth-order valence-corrected chi connectivity index (χ4v) is 1.93. The van der Waals surface area contributed by atoms with E-state index in [0.717, 1.165) is 0 Å². The molecule has 1 heterocycles. The fourth-order valence-electron chi connectivity index (χ4n) is 1.93. The second kappa shape index (κ2) is 8.57. The van der Waals surface area contributed by atoms with Crippen molar-refractivity contribution < 1.29 is 19.0 Å². The maximum absolute atomic E-state index is 12.7. The summed E-state index contributed by atoms with van der Waals surface area (Å²) in [5, 5.41) is 18.7. The van der Waals surface area contributed by atoms with E-state index < -0.39 is 6.67 Å². The van der Waals surface area contributed by atoms with Gasteiger partial charge >= 0.3 is 0 Å². The molecule has 0 aliphatic carbocycles. The molecule has 0 atom stereocenters. The van der Waals surface area contributed by atoms with Crippen molar-refractivity contribution in [3.05, 3.63) is 47.9 Å². The average molecular weight is 315 g/mol. The molecule has 2 aromatic rings. The second-order valence-electron chi connectivity index (χ2n) is 4.44. The van der Waals surface area contributed by atoms with E-state index in [9.17, 15) is 9.50 Å². The molecule has 4 nitrogen and oxygen atoms in total. The molecule has 23 heavy (non-hydrogen) atoms. The third-order valence-corrected chi connectivity index (χ3v) is 3.02. The minimum atomic E-state index is -0.743. The lowest BCUT2D eigenvalue weighted by Gasteiger charge is -1.99. The van der Waals surface area contributed by atoms with Crippen LogP contribution >= 0.6 is 0 Å². The lowest BCUT2D eigenvalue weighted by atomic mass is 10.1. The average Bonchev–Trinajstić information content (AvgIpc) is 3.00.